The van der Waals surface area contributed by atoms with E-state index in [1.807, 2.05) is 0 Å². The summed E-state index contributed by atoms with van der Waals surface area (Å²) in [4.78, 5) is 27.3. The molecule has 0 unspecified atom stereocenters. The van der Waals surface area contributed by atoms with Gasteiger partial charge in [-0.3, -0.25) is 14.3 Å². The topological polar surface area (TPSA) is 85.6 Å². The van der Waals surface area contributed by atoms with Crippen LogP contribution < -0.4 is 5.32 Å². The SMILES string of the molecule is O=C(Nc1ccc(C(F)(F)F)nc1)c1cncc(-n2ccnc2)n1. The Bertz CT molecular complexity index is 846. The lowest BCUT2D eigenvalue weighted by molar-refractivity contribution is -0.141. The van der Waals surface area contributed by atoms with Crippen LogP contribution in [-0.4, -0.2) is 30.4 Å². The van der Waals surface area contributed by atoms with E-state index in [0.29, 0.717) is 5.82 Å². The number of carbonyl (C=O) groups is 1. The minimum absolute atomic E-state index is 0.00102. The van der Waals surface area contributed by atoms with Crippen molar-refractivity contribution >= 4 is 11.6 Å². The first-order valence-corrected chi connectivity index (χ1v) is 6.58. The Balaban J connectivity index is 1.77. The minimum atomic E-state index is -4.53. The third-order valence-corrected chi connectivity index (χ3v) is 2.94. The molecule has 0 fully saturated rings. The number of nitrogens with zero attached hydrogens (tertiary/aromatic N) is 5. The van der Waals surface area contributed by atoms with Crippen LogP contribution in [0.25, 0.3) is 5.82 Å². The molecular formula is C14H9F3N6O. The van der Waals surface area contributed by atoms with Gasteiger partial charge < -0.3 is 5.32 Å². The van der Waals surface area contributed by atoms with Gasteiger partial charge in [0.05, 0.1) is 24.3 Å². The average Bonchev–Trinajstić information content (AvgIpc) is 3.09. The molecule has 7 nitrogen and oxygen atoms in total. The molecular weight excluding hydrogens is 325 g/mol. The summed E-state index contributed by atoms with van der Waals surface area (Å²) in [5, 5.41) is 2.41. The Hall–Kier alpha value is -3.30. The lowest BCUT2D eigenvalue weighted by atomic mass is 10.3. The van der Waals surface area contributed by atoms with Crippen molar-refractivity contribution in [3.8, 4) is 5.82 Å². The highest BCUT2D eigenvalue weighted by molar-refractivity contribution is 6.02. The maximum Gasteiger partial charge on any atom is 0.433 e. The second-order valence-electron chi connectivity index (χ2n) is 4.62. The van der Waals surface area contributed by atoms with Gasteiger partial charge in [-0.2, -0.15) is 13.2 Å². The Morgan fingerprint density at radius 3 is 2.58 bits per heavy atom. The van der Waals surface area contributed by atoms with Gasteiger partial charge in [0.2, 0.25) is 0 Å². The summed E-state index contributed by atoms with van der Waals surface area (Å²) < 4.78 is 38.9. The predicted molar refractivity (Wildman–Crippen MR) is 76.3 cm³/mol. The number of alkyl halides is 3. The Labute approximate surface area is 133 Å². The zero-order valence-corrected chi connectivity index (χ0v) is 11.9. The van der Waals surface area contributed by atoms with Crippen molar-refractivity contribution in [1.29, 1.82) is 0 Å². The van der Waals surface area contributed by atoms with Crippen LogP contribution in [0.15, 0.2) is 49.4 Å². The number of anilines is 1. The predicted octanol–water partition coefficient (Wildman–Crippen LogP) is 2.33. The number of amides is 1. The van der Waals surface area contributed by atoms with E-state index < -0.39 is 17.8 Å². The quantitative estimate of drug-likeness (QED) is 0.794. The second kappa shape index (κ2) is 6.07. The van der Waals surface area contributed by atoms with Gasteiger partial charge in [0, 0.05) is 12.4 Å². The molecule has 0 aliphatic rings. The third kappa shape index (κ3) is 3.37. The zero-order chi connectivity index (χ0) is 17.2. The van der Waals surface area contributed by atoms with Crippen molar-refractivity contribution in [1.82, 2.24) is 24.5 Å². The number of halogens is 3. The summed E-state index contributed by atoms with van der Waals surface area (Å²) in [6, 6.07) is 1.89. The first kappa shape index (κ1) is 15.6. The molecule has 0 spiro atoms. The summed E-state index contributed by atoms with van der Waals surface area (Å²) in [7, 11) is 0. The highest BCUT2D eigenvalue weighted by atomic mass is 19.4. The van der Waals surface area contributed by atoms with Crippen LogP contribution in [0.1, 0.15) is 16.2 Å². The van der Waals surface area contributed by atoms with Gasteiger partial charge in [-0.05, 0) is 12.1 Å². The van der Waals surface area contributed by atoms with Crippen molar-refractivity contribution < 1.29 is 18.0 Å². The summed E-state index contributed by atoms with van der Waals surface area (Å²) in [6.45, 7) is 0. The van der Waals surface area contributed by atoms with Crippen LogP contribution in [-0.2, 0) is 6.18 Å². The van der Waals surface area contributed by atoms with Gasteiger partial charge in [0.1, 0.15) is 17.7 Å². The first-order chi connectivity index (χ1) is 11.4. The molecule has 0 aliphatic carbocycles. The van der Waals surface area contributed by atoms with E-state index in [4.69, 9.17) is 0 Å². The maximum atomic E-state index is 12.5. The molecule has 10 heteroatoms. The number of imidazole rings is 1. The number of hydrogen-bond donors (Lipinski definition) is 1. The monoisotopic (exact) mass is 334 g/mol. The minimum Gasteiger partial charge on any atom is -0.319 e. The van der Waals surface area contributed by atoms with E-state index in [2.05, 4.69) is 25.3 Å². The Morgan fingerprint density at radius 2 is 1.96 bits per heavy atom. The smallest absolute Gasteiger partial charge is 0.319 e. The van der Waals surface area contributed by atoms with E-state index in [9.17, 15) is 18.0 Å². The van der Waals surface area contributed by atoms with Gasteiger partial charge >= 0.3 is 6.18 Å². The first-order valence-electron chi connectivity index (χ1n) is 6.58. The van der Waals surface area contributed by atoms with Gasteiger partial charge in [-0.15, -0.1) is 0 Å². The van der Waals surface area contributed by atoms with Crippen molar-refractivity contribution in [2.24, 2.45) is 0 Å². The molecule has 0 bridgehead atoms. The van der Waals surface area contributed by atoms with Crippen LogP contribution in [0.2, 0.25) is 0 Å². The number of carbonyl (C=O) groups excluding carboxylic acids is 1. The summed E-state index contributed by atoms with van der Waals surface area (Å²) >= 11 is 0. The number of rotatable bonds is 3. The molecule has 3 aromatic heterocycles. The average molecular weight is 334 g/mol. The standard InChI is InChI=1S/C14H9F3N6O/c15-14(16,17)11-2-1-9(5-20-11)21-13(24)10-6-19-7-12(22-10)23-4-3-18-8-23/h1-8H,(H,21,24). The fourth-order valence-corrected chi connectivity index (χ4v) is 1.81. The molecule has 3 heterocycles. The number of aromatic nitrogens is 5. The summed E-state index contributed by atoms with van der Waals surface area (Å²) in [6.07, 6.45) is 3.74. The van der Waals surface area contributed by atoms with Crippen LogP contribution in [0.4, 0.5) is 18.9 Å². The van der Waals surface area contributed by atoms with Crippen LogP contribution >= 0.6 is 0 Å². The highest BCUT2D eigenvalue weighted by Crippen LogP contribution is 2.27. The van der Waals surface area contributed by atoms with E-state index in [-0.39, 0.29) is 11.4 Å². The largest absolute Gasteiger partial charge is 0.433 e. The van der Waals surface area contributed by atoms with Crippen molar-refractivity contribution in [3.63, 3.8) is 0 Å². The Morgan fingerprint density at radius 1 is 1.12 bits per heavy atom. The van der Waals surface area contributed by atoms with Gasteiger partial charge in [0.25, 0.3) is 5.91 Å². The molecule has 1 amide bonds. The maximum absolute atomic E-state index is 12.5. The number of pyridine rings is 1. The second-order valence-corrected chi connectivity index (χ2v) is 4.62. The summed E-state index contributed by atoms with van der Waals surface area (Å²) in [5.41, 5.74) is -0.925. The van der Waals surface area contributed by atoms with Gasteiger partial charge in [-0.1, -0.05) is 0 Å². The van der Waals surface area contributed by atoms with Crippen LogP contribution in [0.3, 0.4) is 0 Å². The Kier molecular flexibility index (Phi) is 3.94. The van der Waals surface area contributed by atoms with E-state index in [1.54, 1.807) is 17.0 Å². The third-order valence-electron chi connectivity index (χ3n) is 2.94. The van der Waals surface area contributed by atoms with Crippen molar-refractivity contribution in [2.75, 3.05) is 5.32 Å². The lowest BCUT2D eigenvalue weighted by Crippen LogP contribution is -2.16. The molecule has 0 aromatic carbocycles. The molecule has 122 valence electrons. The van der Waals surface area contributed by atoms with Crippen LogP contribution in [0, 0.1) is 0 Å². The number of nitrogens with one attached hydrogen (secondary N) is 1. The molecule has 1 N–H and O–H groups in total. The molecule has 0 aliphatic heterocycles. The zero-order valence-electron chi connectivity index (χ0n) is 11.9. The molecule has 0 atom stereocenters. The van der Waals surface area contributed by atoms with E-state index in [0.717, 1.165) is 18.3 Å². The molecule has 0 radical (unpaired) electrons. The van der Waals surface area contributed by atoms with Crippen LogP contribution in [0.5, 0.6) is 0 Å². The highest BCUT2D eigenvalue weighted by Gasteiger charge is 2.32. The van der Waals surface area contributed by atoms with E-state index >= 15 is 0 Å². The lowest BCUT2D eigenvalue weighted by Gasteiger charge is -2.08. The van der Waals surface area contributed by atoms with Crippen molar-refractivity contribution in [3.05, 3.63) is 60.8 Å². The van der Waals surface area contributed by atoms with Gasteiger partial charge in [-0.25, -0.2) is 15.0 Å². The number of hydrogen-bond acceptors (Lipinski definition) is 5. The molecule has 0 saturated heterocycles. The van der Waals surface area contributed by atoms with Gasteiger partial charge in [0.15, 0.2) is 5.82 Å². The fourth-order valence-electron chi connectivity index (χ4n) is 1.81. The molecule has 3 rings (SSSR count). The molecule has 3 aromatic rings. The van der Waals surface area contributed by atoms with Crippen molar-refractivity contribution in [2.45, 2.75) is 6.18 Å². The molecule has 0 saturated carbocycles. The van der Waals surface area contributed by atoms with E-state index in [1.165, 1.54) is 18.7 Å². The molecule has 24 heavy (non-hydrogen) atoms. The fraction of sp³-hybridized carbons (Fsp3) is 0.0714. The normalized spacial score (nSPS) is 11.3. The summed E-state index contributed by atoms with van der Waals surface area (Å²) in [5.74, 6) is -0.239.